The average molecular weight is 718 g/mol. The van der Waals surface area contributed by atoms with Crippen molar-refractivity contribution in [3.8, 4) is 11.5 Å². The number of carbonyl (C=O) groups excluding carboxylic acids is 2. The number of aromatic nitrogens is 2. The molecule has 2 N–H and O–H groups in total. The van der Waals surface area contributed by atoms with Gasteiger partial charge in [-0.1, -0.05) is 23.7 Å². The van der Waals surface area contributed by atoms with E-state index in [4.69, 9.17) is 20.8 Å². The molecule has 2 amide bonds. The van der Waals surface area contributed by atoms with Gasteiger partial charge in [0.25, 0.3) is 0 Å². The van der Waals surface area contributed by atoms with E-state index in [1.54, 1.807) is 75.7 Å². The Labute approximate surface area is 291 Å². The number of nitrogens with one attached hydrogen (secondary N) is 1. The normalized spacial score (nSPS) is 15.8. The molecule has 1 saturated heterocycles. The Balaban J connectivity index is 1.54. The summed E-state index contributed by atoms with van der Waals surface area (Å²) in [5.41, 5.74) is -1.39. The summed E-state index contributed by atoms with van der Waals surface area (Å²) >= 11 is 6.10. The maximum absolute atomic E-state index is 14.1. The summed E-state index contributed by atoms with van der Waals surface area (Å²) < 4.78 is 52.6. The first-order valence-electron chi connectivity index (χ1n) is 15.9. The third-order valence-electron chi connectivity index (χ3n) is 8.32. The van der Waals surface area contributed by atoms with Gasteiger partial charge in [0.2, 0.25) is 17.4 Å². The number of rotatable bonds is 6. The zero-order chi connectivity index (χ0) is 36.9. The van der Waals surface area contributed by atoms with Crippen molar-refractivity contribution in [2.45, 2.75) is 78.3 Å². The third kappa shape index (κ3) is 7.76. The number of nitrogens with zero attached hydrogens (tertiary/aromatic N) is 4. The fourth-order valence-electron chi connectivity index (χ4n) is 5.77. The van der Waals surface area contributed by atoms with Crippen LogP contribution in [0.15, 0.2) is 51.7 Å². The van der Waals surface area contributed by atoms with E-state index < -0.39 is 40.5 Å². The maximum Gasteiger partial charge on any atom is 0.416 e. The van der Waals surface area contributed by atoms with E-state index in [9.17, 15) is 32.7 Å². The lowest BCUT2D eigenvalue weighted by Crippen LogP contribution is -2.60. The van der Waals surface area contributed by atoms with Gasteiger partial charge < -0.3 is 29.5 Å². The highest BCUT2D eigenvalue weighted by Gasteiger charge is 2.34. The fraction of sp³-hybridized carbons (Fsp3) is 0.429. The molecule has 0 saturated carbocycles. The molecule has 1 atom stereocenters. The highest BCUT2D eigenvalue weighted by molar-refractivity contribution is 6.33. The molecule has 268 valence electrons. The molecule has 3 heterocycles. The summed E-state index contributed by atoms with van der Waals surface area (Å²) in [7, 11) is 0. The van der Waals surface area contributed by atoms with Crippen LogP contribution in [0.25, 0.3) is 22.6 Å². The predicted octanol–water partition coefficient (Wildman–Crippen LogP) is 6.62. The number of oxazole rings is 1. The van der Waals surface area contributed by atoms with Gasteiger partial charge >= 0.3 is 17.8 Å². The number of aliphatic hydroxyl groups is 1. The zero-order valence-electron chi connectivity index (χ0n) is 28.7. The van der Waals surface area contributed by atoms with E-state index in [-0.39, 0.29) is 59.8 Å². The Morgan fingerprint density at radius 3 is 2.26 bits per heavy atom. The number of benzene rings is 2. The number of piperazine rings is 1. The molecule has 4 aromatic rings. The summed E-state index contributed by atoms with van der Waals surface area (Å²) in [6, 6.07) is 9.07. The molecular weight excluding hydrogens is 679 g/mol. The van der Waals surface area contributed by atoms with Crippen molar-refractivity contribution in [1.82, 2.24) is 14.6 Å². The monoisotopic (exact) mass is 717 g/mol. The number of pyridine rings is 1. The number of fused-ring (bicyclic) bond motifs is 1. The SMILES string of the molecule is Cc1c(CC(=O)Nc2ccc(C(F)(F)F)cc2Cl)c2nc(-c3ccc(C(C)(C)O)cc3)oc2c(=O)n1N1CCN(C(=O)OC(C)(C)C)[C@H](C)C1. The van der Waals surface area contributed by atoms with Crippen molar-refractivity contribution in [1.29, 1.82) is 0 Å². The quantitative estimate of drug-likeness (QED) is 0.228. The number of hydrogen-bond donors (Lipinski definition) is 2. The van der Waals surface area contributed by atoms with E-state index >= 15 is 0 Å². The van der Waals surface area contributed by atoms with Gasteiger partial charge in [-0.2, -0.15) is 13.2 Å². The lowest BCUT2D eigenvalue weighted by atomic mass is 9.97. The minimum absolute atomic E-state index is 0.0216. The number of amides is 2. The number of ether oxygens (including phenoxy) is 1. The topological polar surface area (TPSA) is 130 Å². The molecule has 5 rings (SSSR count). The lowest BCUT2D eigenvalue weighted by molar-refractivity contribution is -0.137. The molecule has 0 aliphatic carbocycles. The second kappa shape index (κ2) is 13.3. The van der Waals surface area contributed by atoms with Gasteiger partial charge in [-0.05, 0) is 84.4 Å². The highest BCUT2D eigenvalue weighted by Crippen LogP contribution is 2.34. The summed E-state index contributed by atoms with van der Waals surface area (Å²) in [6.45, 7) is 12.9. The second-order valence-electron chi connectivity index (χ2n) is 13.9. The standard InChI is InChI=1S/C35H39ClF3N5O6/c1-19-18-42(14-15-43(19)32(47)50-33(3,4)5)44-20(2)24(17-27(45)40-26-13-12-23(16-25(26)36)35(37,38)39)28-29(31(44)46)49-30(41-28)21-8-10-22(11-9-21)34(6,7)48/h8-13,16,19,48H,14-15,17-18H2,1-7H3,(H,40,45)/t19-/m1/s1. The molecule has 0 bridgehead atoms. The van der Waals surface area contributed by atoms with Crippen LogP contribution in [0.4, 0.5) is 23.7 Å². The largest absolute Gasteiger partial charge is 0.444 e. The molecule has 1 fully saturated rings. The van der Waals surface area contributed by atoms with Crippen LogP contribution < -0.4 is 15.9 Å². The third-order valence-corrected chi connectivity index (χ3v) is 8.63. The first-order chi connectivity index (χ1) is 23.1. The summed E-state index contributed by atoms with van der Waals surface area (Å²) in [6.07, 6.45) is -5.42. The fourth-order valence-corrected chi connectivity index (χ4v) is 6.00. The van der Waals surface area contributed by atoms with E-state index in [1.807, 2.05) is 6.92 Å². The Kier molecular flexibility index (Phi) is 9.76. The molecule has 50 heavy (non-hydrogen) atoms. The number of hydrogen-bond acceptors (Lipinski definition) is 8. The smallest absolute Gasteiger partial charge is 0.416 e. The van der Waals surface area contributed by atoms with Gasteiger partial charge in [0.1, 0.15) is 11.1 Å². The van der Waals surface area contributed by atoms with Crippen molar-refractivity contribution in [2.24, 2.45) is 0 Å². The summed E-state index contributed by atoms with van der Waals surface area (Å²) in [5, 5.41) is 14.4. The van der Waals surface area contributed by atoms with Gasteiger partial charge in [0.15, 0.2) is 0 Å². The van der Waals surface area contributed by atoms with Crippen molar-refractivity contribution >= 4 is 40.4 Å². The number of carbonyl (C=O) groups is 2. The van der Waals surface area contributed by atoms with Crippen LogP contribution in [-0.2, 0) is 27.7 Å². The Hall–Kier alpha value is -4.56. The van der Waals surface area contributed by atoms with Crippen LogP contribution in [0.2, 0.25) is 5.02 Å². The van der Waals surface area contributed by atoms with Crippen molar-refractivity contribution in [3.63, 3.8) is 0 Å². The van der Waals surface area contributed by atoms with Crippen LogP contribution in [0.1, 0.15) is 63.9 Å². The van der Waals surface area contributed by atoms with Crippen molar-refractivity contribution in [2.75, 3.05) is 30.0 Å². The van der Waals surface area contributed by atoms with E-state index in [0.717, 1.165) is 18.2 Å². The highest BCUT2D eigenvalue weighted by atomic mass is 35.5. The molecule has 15 heteroatoms. The van der Waals surface area contributed by atoms with E-state index in [2.05, 4.69) is 10.3 Å². The Morgan fingerprint density at radius 2 is 1.70 bits per heavy atom. The molecule has 0 unspecified atom stereocenters. The Bertz CT molecular complexity index is 1990. The van der Waals surface area contributed by atoms with E-state index in [0.29, 0.717) is 22.4 Å². The van der Waals surface area contributed by atoms with Gasteiger partial charge in [0.05, 0.1) is 47.4 Å². The van der Waals surface area contributed by atoms with Gasteiger partial charge in [-0.3, -0.25) is 9.59 Å². The summed E-state index contributed by atoms with van der Waals surface area (Å²) in [4.78, 5) is 46.6. The minimum Gasteiger partial charge on any atom is -0.444 e. The minimum atomic E-state index is -4.61. The van der Waals surface area contributed by atoms with Crippen LogP contribution in [0.5, 0.6) is 0 Å². The maximum atomic E-state index is 14.1. The van der Waals surface area contributed by atoms with Gasteiger partial charge in [0, 0.05) is 23.4 Å². The second-order valence-corrected chi connectivity index (χ2v) is 14.3. The van der Waals surface area contributed by atoms with Gasteiger partial charge in [-0.15, -0.1) is 0 Å². The number of alkyl halides is 3. The molecule has 2 aromatic carbocycles. The molecule has 2 aromatic heterocycles. The summed E-state index contributed by atoms with van der Waals surface area (Å²) in [5.74, 6) is -0.518. The zero-order valence-corrected chi connectivity index (χ0v) is 29.5. The lowest BCUT2D eigenvalue weighted by Gasteiger charge is -2.42. The Morgan fingerprint density at radius 1 is 1.06 bits per heavy atom. The molecule has 11 nitrogen and oxygen atoms in total. The van der Waals surface area contributed by atoms with Crippen molar-refractivity contribution < 1.29 is 37.0 Å². The first kappa shape index (κ1) is 36.7. The number of halogens is 4. The van der Waals surface area contributed by atoms with Crippen molar-refractivity contribution in [3.05, 3.63) is 80.2 Å². The van der Waals surface area contributed by atoms with Crippen LogP contribution in [0.3, 0.4) is 0 Å². The molecule has 0 radical (unpaired) electrons. The van der Waals surface area contributed by atoms with Crippen LogP contribution in [0, 0.1) is 6.92 Å². The average Bonchev–Trinajstić information content (AvgIpc) is 3.44. The first-order valence-corrected chi connectivity index (χ1v) is 16.3. The predicted molar refractivity (Wildman–Crippen MR) is 183 cm³/mol. The van der Waals surface area contributed by atoms with E-state index in [1.165, 1.54) is 4.68 Å². The molecule has 1 aliphatic heterocycles. The van der Waals surface area contributed by atoms with Crippen LogP contribution in [-0.4, -0.2) is 62.9 Å². The molecule has 0 spiro atoms. The molecular formula is C35H39ClF3N5O6. The molecule has 1 aliphatic rings. The van der Waals surface area contributed by atoms with Crippen LogP contribution >= 0.6 is 11.6 Å². The van der Waals surface area contributed by atoms with Gasteiger partial charge in [-0.25, -0.2) is 14.5 Å². The number of anilines is 1.